The summed E-state index contributed by atoms with van der Waals surface area (Å²) in [5.74, 6) is 2.19. The largest absolute Gasteiger partial charge is 0.495 e. The van der Waals surface area contributed by atoms with Crippen molar-refractivity contribution in [3.8, 4) is 17.2 Å². The van der Waals surface area contributed by atoms with Gasteiger partial charge in [-0.3, -0.25) is 9.69 Å². The van der Waals surface area contributed by atoms with Crippen molar-refractivity contribution in [2.75, 3.05) is 58.1 Å². The first-order chi connectivity index (χ1) is 14.7. The summed E-state index contributed by atoms with van der Waals surface area (Å²) in [4.78, 5) is 17.2. The molecule has 0 aromatic heterocycles. The molecule has 2 aliphatic rings. The van der Waals surface area contributed by atoms with Gasteiger partial charge in [0.2, 0.25) is 6.79 Å². The lowest BCUT2D eigenvalue weighted by molar-refractivity contribution is 0.0952. The van der Waals surface area contributed by atoms with Crippen molar-refractivity contribution in [1.29, 1.82) is 0 Å². The summed E-state index contributed by atoms with van der Waals surface area (Å²) in [7, 11) is 1.72. The molecule has 32 heavy (non-hydrogen) atoms. The molecule has 0 radical (unpaired) electrons. The molecule has 2 heterocycles. The normalized spacial score (nSPS) is 14.8. The van der Waals surface area contributed by atoms with Crippen molar-refractivity contribution in [3.63, 3.8) is 0 Å². The number of ether oxygens (including phenoxy) is 3. The van der Waals surface area contributed by atoms with Crippen LogP contribution in [0.25, 0.3) is 0 Å². The third-order valence-electron chi connectivity index (χ3n) is 5.62. The van der Waals surface area contributed by atoms with Crippen LogP contribution in [0.3, 0.4) is 0 Å². The molecule has 1 fully saturated rings. The third-order valence-corrected chi connectivity index (χ3v) is 5.62. The number of halogens is 2. The lowest BCUT2D eigenvalue weighted by Crippen LogP contribution is -2.46. The minimum absolute atomic E-state index is 0. The molecule has 0 atom stereocenters. The second kappa shape index (κ2) is 12.6. The molecule has 176 valence electrons. The molecule has 0 aliphatic carbocycles. The van der Waals surface area contributed by atoms with Crippen molar-refractivity contribution < 1.29 is 19.0 Å². The van der Waals surface area contributed by atoms with Crippen molar-refractivity contribution in [2.45, 2.75) is 12.8 Å². The van der Waals surface area contributed by atoms with E-state index in [0.29, 0.717) is 23.6 Å². The smallest absolute Gasteiger partial charge is 0.251 e. The molecule has 2 aromatic rings. The Balaban J connectivity index is 0.00000181. The average Bonchev–Trinajstić information content (AvgIpc) is 3.27. The first-order valence-corrected chi connectivity index (χ1v) is 10.5. The fraction of sp³-hybridized carbons (Fsp3) is 0.435. The molecule has 7 nitrogen and oxygen atoms in total. The molecular weight excluding hydrogens is 453 g/mol. The van der Waals surface area contributed by atoms with Crippen LogP contribution in [0.2, 0.25) is 0 Å². The van der Waals surface area contributed by atoms with Crippen LogP contribution in [0.15, 0.2) is 42.5 Å². The fourth-order valence-electron chi connectivity index (χ4n) is 3.91. The number of nitrogens with one attached hydrogen (secondary N) is 1. The van der Waals surface area contributed by atoms with Crippen molar-refractivity contribution in [2.24, 2.45) is 0 Å². The van der Waals surface area contributed by atoms with Crippen LogP contribution < -0.4 is 24.4 Å². The van der Waals surface area contributed by atoms with E-state index >= 15 is 0 Å². The number of fused-ring (bicyclic) bond motifs is 1. The highest BCUT2D eigenvalue weighted by Crippen LogP contribution is 2.32. The monoisotopic (exact) mass is 483 g/mol. The van der Waals surface area contributed by atoms with E-state index in [-0.39, 0.29) is 37.5 Å². The Morgan fingerprint density at radius 2 is 1.75 bits per heavy atom. The molecule has 0 saturated carbocycles. The lowest BCUT2D eigenvalue weighted by Gasteiger charge is -2.36. The maximum atomic E-state index is 12.3. The van der Waals surface area contributed by atoms with Crippen LogP contribution in [-0.4, -0.2) is 64.0 Å². The first-order valence-electron chi connectivity index (χ1n) is 10.5. The van der Waals surface area contributed by atoms with Gasteiger partial charge in [-0.15, -0.1) is 24.8 Å². The molecule has 2 aromatic carbocycles. The number of anilines is 1. The van der Waals surface area contributed by atoms with Gasteiger partial charge >= 0.3 is 0 Å². The SMILES string of the molecule is COc1ccccc1N1CCN(CCCCNC(=O)c2ccc3c(c2)OCO3)CC1.Cl.Cl. The third kappa shape index (κ3) is 6.34. The topological polar surface area (TPSA) is 63.3 Å². The van der Waals surface area contributed by atoms with Crippen LogP contribution in [0.1, 0.15) is 23.2 Å². The van der Waals surface area contributed by atoms with Crippen molar-refractivity contribution in [1.82, 2.24) is 10.2 Å². The number of para-hydroxylation sites is 2. The number of benzene rings is 2. The summed E-state index contributed by atoms with van der Waals surface area (Å²) in [6, 6.07) is 13.5. The van der Waals surface area contributed by atoms with Gasteiger partial charge in [0.15, 0.2) is 11.5 Å². The minimum Gasteiger partial charge on any atom is -0.495 e. The predicted molar refractivity (Wildman–Crippen MR) is 130 cm³/mol. The van der Waals surface area contributed by atoms with Gasteiger partial charge in [-0.05, 0) is 49.7 Å². The predicted octanol–water partition coefficient (Wildman–Crippen LogP) is 3.60. The van der Waals surface area contributed by atoms with E-state index in [2.05, 4.69) is 27.2 Å². The van der Waals surface area contributed by atoms with Crippen LogP contribution in [0.5, 0.6) is 17.2 Å². The number of piperazine rings is 1. The number of carbonyl (C=O) groups excluding carboxylic acids is 1. The van der Waals surface area contributed by atoms with Gasteiger partial charge in [-0.2, -0.15) is 0 Å². The molecule has 0 bridgehead atoms. The molecular formula is C23H31Cl2N3O4. The molecule has 1 amide bonds. The van der Waals surface area contributed by atoms with E-state index in [4.69, 9.17) is 14.2 Å². The quantitative estimate of drug-likeness (QED) is 0.578. The standard InChI is InChI=1S/C23H29N3O4.2ClH/c1-28-20-7-3-2-6-19(20)26-14-12-25(13-15-26)11-5-4-10-24-23(27)18-8-9-21-22(16-18)30-17-29-21;;/h2-3,6-9,16H,4-5,10-15,17H2,1H3,(H,24,27);2*1H. The van der Waals surface area contributed by atoms with E-state index in [1.165, 1.54) is 5.69 Å². The summed E-state index contributed by atoms with van der Waals surface area (Å²) >= 11 is 0. The summed E-state index contributed by atoms with van der Waals surface area (Å²) < 4.78 is 16.1. The Labute approximate surface area is 201 Å². The molecule has 2 aliphatic heterocycles. The Kier molecular flexibility index (Phi) is 10.2. The Hall–Kier alpha value is -2.35. The van der Waals surface area contributed by atoms with Crippen molar-refractivity contribution >= 4 is 36.4 Å². The van der Waals surface area contributed by atoms with E-state index in [9.17, 15) is 4.79 Å². The Morgan fingerprint density at radius 1 is 1.00 bits per heavy atom. The van der Waals surface area contributed by atoms with Crippen LogP contribution in [-0.2, 0) is 0 Å². The van der Waals surface area contributed by atoms with E-state index in [1.807, 2.05) is 12.1 Å². The van der Waals surface area contributed by atoms with E-state index in [0.717, 1.165) is 51.3 Å². The van der Waals surface area contributed by atoms with Gasteiger partial charge in [0.05, 0.1) is 12.8 Å². The van der Waals surface area contributed by atoms with Crippen molar-refractivity contribution in [3.05, 3.63) is 48.0 Å². The molecule has 0 unspecified atom stereocenters. The summed E-state index contributed by atoms with van der Waals surface area (Å²) in [6.45, 7) is 6.04. The number of amides is 1. The van der Waals surface area contributed by atoms with Crippen LogP contribution >= 0.6 is 24.8 Å². The second-order valence-electron chi connectivity index (χ2n) is 7.53. The Morgan fingerprint density at radius 3 is 2.53 bits per heavy atom. The van der Waals surface area contributed by atoms with Gasteiger partial charge < -0.3 is 24.4 Å². The maximum absolute atomic E-state index is 12.3. The molecule has 1 N–H and O–H groups in total. The van der Waals surface area contributed by atoms with E-state index in [1.54, 1.807) is 25.3 Å². The van der Waals surface area contributed by atoms with Gasteiger partial charge in [-0.1, -0.05) is 12.1 Å². The van der Waals surface area contributed by atoms with Crippen LogP contribution in [0, 0.1) is 0 Å². The number of unbranched alkanes of at least 4 members (excludes halogenated alkanes) is 1. The number of methoxy groups -OCH3 is 1. The highest BCUT2D eigenvalue weighted by molar-refractivity contribution is 5.94. The van der Waals surface area contributed by atoms with Gasteiger partial charge in [-0.25, -0.2) is 0 Å². The molecule has 1 saturated heterocycles. The minimum atomic E-state index is -0.0706. The molecule has 0 spiro atoms. The molecule has 4 rings (SSSR count). The van der Waals surface area contributed by atoms with E-state index < -0.39 is 0 Å². The second-order valence-corrected chi connectivity index (χ2v) is 7.53. The average molecular weight is 484 g/mol. The maximum Gasteiger partial charge on any atom is 0.251 e. The van der Waals surface area contributed by atoms with Gasteiger partial charge in [0, 0.05) is 38.3 Å². The highest BCUT2D eigenvalue weighted by atomic mass is 35.5. The first kappa shape index (κ1) is 25.9. The Bertz CT molecular complexity index is 876. The number of carbonyl (C=O) groups is 1. The number of rotatable bonds is 8. The number of hydrogen-bond acceptors (Lipinski definition) is 6. The molecule has 9 heteroatoms. The fourth-order valence-corrected chi connectivity index (χ4v) is 3.91. The summed E-state index contributed by atoms with van der Waals surface area (Å²) in [5, 5.41) is 2.99. The van der Waals surface area contributed by atoms with Gasteiger partial charge in [0.1, 0.15) is 5.75 Å². The zero-order valence-electron chi connectivity index (χ0n) is 18.2. The van der Waals surface area contributed by atoms with Gasteiger partial charge in [0.25, 0.3) is 5.91 Å². The zero-order valence-corrected chi connectivity index (χ0v) is 19.9. The lowest BCUT2D eigenvalue weighted by atomic mass is 10.2. The van der Waals surface area contributed by atoms with Crippen LogP contribution in [0.4, 0.5) is 5.69 Å². The zero-order chi connectivity index (χ0) is 20.8. The number of nitrogens with zero attached hydrogens (tertiary/aromatic N) is 2. The summed E-state index contributed by atoms with van der Waals surface area (Å²) in [5.41, 5.74) is 1.78. The summed E-state index contributed by atoms with van der Waals surface area (Å²) in [6.07, 6.45) is 2.03. The number of hydrogen-bond donors (Lipinski definition) is 1. The highest BCUT2D eigenvalue weighted by Gasteiger charge is 2.19.